The third-order valence-electron chi connectivity index (χ3n) is 3.19. The molecule has 2 aromatic rings. The zero-order chi connectivity index (χ0) is 22.6. The Labute approximate surface area is 190 Å². The molecular formula is C16H18ClN5O7S2. The van der Waals surface area contributed by atoms with Gasteiger partial charge in [0.2, 0.25) is 5.28 Å². The fourth-order valence-corrected chi connectivity index (χ4v) is 2.77. The summed E-state index contributed by atoms with van der Waals surface area (Å²) in [6.45, 7) is 6.75. The number of halogens is 1. The number of hydrogen-bond donors (Lipinski definition) is 1. The monoisotopic (exact) mass is 491 g/mol. The van der Waals surface area contributed by atoms with E-state index >= 15 is 0 Å². The van der Waals surface area contributed by atoms with Crippen LogP contribution in [0.1, 0.15) is 12.8 Å². The second kappa shape index (κ2) is 12.9. The van der Waals surface area contributed by atoms with Crippen molar-refractivity contribution in [2.24, 2.45) is 0 Å². The summed E-state index contributed by atoms with van der Waals surface area (Å²) in [6, 6.07) is 0. The van der Waals surface area contributed by atoms with Crippen LogP contribution >= 0.6 is 35.7 Å². The molecule has 2 aromatic heterocycles. The summed E-state index contributed by atoms with van der Waals surface area (Å²) in [7, 11) is 1.65. The SMILES string of the molecule is C=COSC(=O)OCCCOC(OC(=O)SOC=C)n1cnc2c(NC)nc(Cl)nc21. The maximum atomic E-state index is 12.0. The van der Waals surface area contributed by atoms with E-state index in [2.05, 4.69) is 37.6 Å². The highest BCUT2D eigenvalue weighted by Gasteiger charge is 2.23. The second-order valence-corrected chi connectivity index (χ2v) is 6.83. The van der Waals surface area contributed by atoms with E-state index in [1.165, 1.54) is 10.9 Å². The summed E-state index contributed by atoms with van der Waals surface area (Å²) in [4.78, 5) is 35.7. The summed E-state index contributed by atoms with van der Waals surface area (Å²) in [5, 5.41) is 1.38. The molecule has 0 aliphatic heterocycles. The second-order valence-electron chi connectivity index (χ2n) is 5.11. The maximum absolute atomic E-state index is 12.0. The molecule has 0 bridgehead atoms. The molecule has 0 saturated carbocycles. The van der Waals surface area contributed by atoms with Crippen molar-refractivity contribution in [1.82, 2.24) is 19.5 Å². The zero-order valence-electron chi connectivity index (χ0n) is 16.2. The van der Waals surface area contributed by atoms with Gasteiger partial charge in [-0.1, -0.05) is 13.2 Å². The van der Waals surface area contributed by atoms with E-state index < -0.39 is 17.0 Å². The van der Waals surface area contributed by atoms with E-state index in [9.17, 15) is 9.59 Å². The maximum Gasteiger partial charge on any atom is 0.410 e. The van der Waals surface area contributed by atoms with Crippen LogP contribution in [0.3, 0.4) is 0 Å². The van der Waals surface area contributed by atoms with Crippen molar-refractivity contribution >= 4 is 63.3 Å². The van der Waals surface area contributed by atoms with Gasteiger partial charge in [-0.15, -0.1) is 0 Å². The van der Waals surface area contributed by atoms with Gasteiger partial charge in [-0.3, -0.25) is 4.57 Å². The molecule has 1 atom stereocenters. The van der Waals surface area contributed by atoms with Crippen LogP contribution in [-0.2, 0) is 22.6 Å². The number of fused-ring (bicyclic) bond motifs is 1. The Morgan fingerprint density at radius 3 is 2.61 bits per heavy atom. The Morgan fingerprint density at radius 1 is 1.23 bits per heavy atom. The fraction of sp³-hybridized carbons (Fsp3) is 0.312. The van der Waals surface area contributed by atoms with Gasteiger partial charge in [0, 0.05) is 13.5 Å². The Hall–Kier alpha value is -2.68. The first-order valence-electron chi connectivity index (χ1n) is 8.45. The van der Waals surface area contributed by atoms with Gasteiger partial charge in [-0.2, -0.15) is 9.97 Å². The third-order valence-corrected chi connectivity index (χ3v) is 4.31. The third kappa shape index (κ3) is 7.50. The molecule has 0 aliphatic rings. The van der Waals surface area contributed by atoms with E-state index in [1.54, 1.807) is 7.05 Å². The van der Waals surface area contributed by atoms with Crippen LogP contribution in [0.5, 0.6) is 0 Å². The molecule has 1 N–H and O–H groups in total. The smallest absolute Gasteiger partial charge is 0.410 e. The van der Waals surface area contributed by atoms with Gasteiger partial charge in [0.25, 0.3) is 6.41 Å². The standard InChI is InChI=1S/C16H18ClN5O7S2/c1-4-27-30-15(23)26-8-6-7-25-14(29-16(24)31-28-5-2)22-9-19-10-11(18-3)20-13(17)21-12(10)22/h4-5,9,14H,1-2,6-8H2,3H3,(H,18,20,21). The predicted molar refractivity (Wildman–Crippen MR) is 115 cm³/mol. The van der Waals surface area contributed by atoms with E-state index in [0.717, 1.165) is 12.5 Å². The minimum absolute atomic E-state index is 0.0424. The molecule has 0 aliphatic carbocycles. The van der Waals surface area contributed by atoms with Crippen LogP contribution in [-0.4, -0.2) is 50.4 Å². The molecule has 0 spiro atoms. The van der Waals surface area contributed by atoms with Crippen LogP contribution in [0.4, 0.5) is 15.4 Å². The number of hydrogen-bond acceptors (Lipinski definition) is 13. The molecule has 0 saturated heterocycles. The minimum Gasteiger partial charge on any atom is -0.455 e. The number of nitrogens with zero attached hydrogens (tertiary/aromatic N) is 4. The average Bonchev–Trinajstić information content (AvgIpc) is 3.18. The first-order chi connectivity index (χ1) is 15.0. The lowest BCUT2D eigenvalue weighted by atomic mass is 10.5. The van der Waals surface area contributed by atoms with Gasteiger partial charge in [-0.25, -0.2) is 14.6 Å². The first kappa shape index (κ1) is 24.6. The summed E-state index contributed by atoms with van der Waals surface area (Å²) in [5.41, 5.74) is 0.654. The topological polar surface area (TPSA) is 136 Å². The molecule has 1 unspecified atom stereocenters. The largest absolute Gasteiger partial charge is 0.455 e. The predicted octanol–water partition coefficient (Wildman–Crippen LogP) is 4.27. The number of imidazole rings is 1. The molecule has 12 nitrogen and oxygen atoms in total. The van der Waals surface area contributed by atoms with Crippen molar-refractivity contribution in [2.75, 3.05) is 25.6 Å². The van der Waals surface area contributed by atoms with E-state index in [0.29, 0.717) is 41.8 Å². The summed E-state index contributed by atoms with van der Waals surface area (Å²) in [6.07, 6.45) is 2.57. The first-order valence-corrected chi connectivity index (χ1v) is 10.3. The Morgan fingerprint density at radius 2 is 1.94 bits per heavy atom. The van der Waals surface area contributed by atoms with Gasteiger partial charge in [0.1, 0.15) is 6.33 Å². The van der Waals surface area contributed by atoms with Gasteiger partial charge in [0.05, 0.1) is 25.7 Å². The number of anilines is 1. The molecule has 2 heterocycles. The van der Waals surface area contributed by atoms with E-state index in [4.69, 9.17) is 30.0 Å². The average molecular weight is 492 g/mol. The fourth-order valence-electron chi connectivity index (χ4n) is 2.06. The lowest BCUT2D eigenvalue weighted by Crippen LogP contribution is -2.19. The van der Waals surface area contributed by atoms with Crippen molar-refractivity contribution in [3.63, 3.8) is 0 Å². The Bertz CT molecular complexity index is 929. The Balaban J connectivity index is 2.09. The molecule has 31 heavy (non-hydrogen) atoms. The number of nitrogens with one attached hydrogen (secondary N) is 1. The number of carbonyl (C=O) groups is 2. The summed E-state index contributed by atoms with van der Waals surface area (Å²) < 4.78 is 26.6. The zero-order valence-corrected chi connectivity index (χ0v) is 18.6. The van der Waals surface area contributed by atoms with E-state index in [1.807, 2.05) is 0 Å². The van der Waals surface area contributed by atoms with Crippen molar-refractivity contribution in [3.8, 4) is 0 Å². The highest BCUT2D eigenvalue weighted by molar-refractivity contribution is 8.09. The van der Waals surface area contributed by atoms with Crippen molar-refractivity contribution in [1.29, 1.82) is 0 Å². The van der Waals surface area contributed by atoms with Gasteiger partial charge >= 0.3 is 10.6 Å². The minimum atomic E-state index is -1.26. The van der Waals surface area contributed by atoms with Crippen molar-refractivity contribution < 1.29 is 32.2 Å². The molecular weight excluding hydrogens is 474 g/mol. The lowest BCUT2D eigenvalue weighted by molar-refractivity contribution is -0.148. The summed E-state index contributed by atoms with van der Waals surface area (Å²) >= 11 is 6.89. The number of ether oxygens (including phenoxy) is 3. The molecule has 0 fully saturated rings. The molecule has 0 radical (unpaired) electrons. The van der Waals surface area contributed by atoms with Crippen LogP contribution in [0, 0.1) is 0 Å². The van der Waals surface area contributed by atoms with Crippen LogP contribution in [0.15, 0.2) is 32.0 Å². The van der Waals surface area contributed by atoms with Crippen LogP contribution < -0.4 is 5.32 Å². The molecule has 2 rings (SSSR count). The van der Waals surface area contributed by atoms with Crippen molar-refractivity contribution in [3.05, 3.63) is 37.3 Å². The molecule has 15 heteroatoms. The quantitative estimate of drug-likeness (QED) is 0.113. The number of carbonyl (C=O) groups excluding carboxylic acids is 2. The lowest BCUT2D eigenvalue weighted by Gasteiger charge is -2.19. The Kier molecular flexibility index (Phi) is 10.2. The van der Waals surface area contributed by atoms with Gasteiger partial charge < -0.3 is 27.9 Å². The molecule has 0 aromatic carbocycles. The van der Waals surface area contributed by atoms with Crippen LogP contribution in [0.25, 0.3) is 11.2 Å². The normalized spacial score (nSPS) is 11.4. The van der Waals surface area contributed by atoms with Gasteiger partial charge in [-0.05, 0) is 11.6 Å². The van der Waals surface area contributed by atoms with Crippen LogP contribution in [0.2, 0.25) is 5.28 Å². The highest BCUT2D eigenvalue weighted by Crippen LogP contribution is 2.26. The molecule has 168 valence electrons. The van der Waals surface area contributed by atoms with Crippen molar-refractivity contribution in [2.45, 2.75) is 12.8 Å². The summed E-state index contributed by atoms with van der Waals surface area (Å²) in [5.74, 6) is 0.384. The molecule has 0 amide bonds. The number of aromatic nitrogens is 4. The number of rotatable bonds is 12. The highest BCUT2D eigenvalue weighted by atomic mass is 35.5. The van der Waals surface area contributed by atoms with E-state index in [-0.39, 0.29) is 24.1 Å². The van der Waals surface area contributed by atoms with Gasteiger partial charge in [0.15, 0.2) is 41.1 Å².